The summed E-state index contributed by atoms with van der Waals surface area (Å²) in [4.78, 5) is 14.3. The van der Waals surface area contributed by atoms with Crippen LogP contribution in [0.4, 0.5) is 0 Å². The van der Waals surface area contributed by atoms with Crippen molar-refractivity contribution in [2.75, 3.05) is 26.8 Å². The number of methoxy groups -OCH3 is 1. The van der Waals surface area contributed by atoms with E-state index in [1.807, 2.05) is 0 Å². The largest absolute Gasteiger partial charge is 0.508 e. The van der Waals surface area contributed by atoms with Gasteiger partial charge in [0.1, 0.15) is 5.75 Å². The maximum Gasteiger partial charge on any atom is 0.227 e. The van der Waals surface area contributed by atoms with Crippen molar-refractivity contribution in [3.8, 4) is 5.75 Å². The van der Waals surface area contributed by atoms with E-state index in [0.29, 0.717) is 36.7 Å². The lowest BCUT2D eigenvalue weighted by Gasteiger charge is -2.22. The van der Waals surface area contributed by atoms with Crippen molar-refractivity contribution in [1.29, 1.82) is 0 Å². The molecule has 0 radical (unpaired) electrons. The van der Waals surface area contributed by atoms with Gasteiger partial charge in [-0.25, -0.2) is 0 Å². The Labute approximate surface area is 124 Å². The van der Waals surface area contributed by atoms with Gasteiger partial charge in [0.15, 0.2) is 0 Å². The minimum Gasteiger partial charge on any atom is -0.508 e. The Balaban J connectivity index is 2.66. The Bertz CT molecular complexity index is 465. The van der Waals surface area contributed by atoms with E-state index in [0.717, 1.165) is 0 Å². The first-order valence-electron chi connectivity index (χ1n) is 6.36. The topological polar surface area (TPSA) is 75.8 Å². The lowest BCUT2D eigenvalue weighted by molar-refractivity contribution is -0.131. The second-order valence-corrected chi connectivity index (χ2v) is 4.92. The molecule has 0 aliphatic rings. The number of aromatic hydroxyl groups is 1. The molecule has 0 heterocycles. The minimum absolute atomic E-state index is 0.0835. The number of hydrogen-bond donors (Lipinski definition) is 2. The molecule has 0 aliphatic carbocycles. The van der Waals surface area contributed by atoms with Gasteiger partial charge >= 0.3 is 0 Å². The number of nitrogens with zero attached hydrogens (tertiary/aromatic N) is 1. The number of carbonyl (C=O) groups is 1. The molecule has 0 aromatic heterocycles. The quantitative estimate of drug-likeness (QED) is 0.702. The first-order valence-corrected chi connectivity index (χ1v) is 6.77. The van der Waals surface area contributed by atoms with E-state index in [1.54, 1.807) is 36.3 Å². The summed E-state index contributed by atoms with van der Waals surface area (Å²) >= 11 is 4.83. The third-order valence-electron chi connectivity index (χ3n) is 2.88. The summed E-state index contributed by atoms with van der Waals surface area (Å²) in [6.45, 7) is 1.39. The molecule has 1 aromatic rings. The fourth-order valence-corrected chi connectivity index (χ4v) is 1.83. The average Bonchev–Trinajstić information content (AvgIpc) is 2.41. The van der Waals surface area contributed by atoms with Crippen LogP contribution >= 0.6 is 12.2 Å². The predicted octanol–water partition coefficient (Wildman–Crippen LogP) is 1.09. The Morgan fingerprint density at radius 1 is 1.40 bits per heavy atom. The number of carbonyl (C=O) groups excluding carboxylic acids is 1. The molecular weight excluding hydrogens is 276 g/mol. The normalized spacial score (nSPS) is 10.2. The van der Waals surface area contributed by atoms with E-state index in [9.17, 15) is 9.90 Å². The number of thiocarbonyl (C=S) groups is 1. The van der Waals surface area contributed by atoms with Gasteiger partial charge in [-0.05, 0) is 6.07 Å². The monoisotopic (exact) mass is 296 g/mol. The molecule has 5 nitrogen and oxygen atoms in total. The average molecular weight is 296 g/mol. The Morgan fingerprint density at radius 3 is 2.70 bits per heavy atom. The molecule has 3 N–H and O–H groups in total. The molecule has 1 amide bonds. The molecule has 0 saturated heterocycles. The van der Waals surface area contributed by atoms with E-state index in [4.69, 9.17) is 22.7 Å². The van der Waals surface area contributed by atoms with E-state index < -0.39 is 0 Å². The maximum absolute atomic E-state index is 12.3. The summed E-state index contributed by atoms with van der Waals surface area (Å²) in [5, 5.41) is 9.70. The summed E-state index contributed by atoms with van der Waals surface area (Å²) in [5.74, 6) is 0.0432. The molecule has 0 atom stereocenters. The fraction of sp³-hybridized carbons (Fsp3) is 0.429. The molecule has 0 spiro atoms. The lowest BCUT2D eigenvalue weighted by Crippen LogP contribution is -2.37. The van der Waals surface area contributed by atoms with Crippen molar-refractivity contribution >= 4 is 23.1 Å². The van der Waals surface area contributed by atoms with Crippen LogP contribution in [0.15, 0.2) is 24.3 Å². The SMILES string of the molecule is COCCN(CCC(N)=S)C(=O)Cc1ccccc1O. The van der Waals surface area contributed by atoms with Crippen molar-refractivity contribution in [2.24, 2.45) is 5.73 Å². The minimum atomic E-state index is -0.0835. The zero-order valence-corrected chi connectivity index (χ0v) is 12.4. The highest BCUT2D eigenvalue weighted by atomic mass is 32.1. The molecule has 1 aromatic carbocycles. The molecular formula is C14H20N2O3S. The van der Waals surface area contributed by atoms with Crippen LogP contribution in [-0.2, 0) is 16.0 Å². The summed E-state index contributed by atoms with van der Waals surface area (Å²) in [6, 6.07) is 6.81. The van der Waals surface area contributed by atoms with Gasteiger partial charge < -0.3 is 20.5 Å². The van der Waals surface area contributed by atoms with Crippen molar-refractivity contribution < 1.29 is 14.6 Å². The van der Waals surface area contributed by atoms with E-state index in [2.05, 4.69) is 0 Å². The van der Waals surface area contributed by atoms with Crippen LogP contribution < -0.4 is 5.73 Å². The Hall–Kier alpha value is -1.66. The number of phenolic OH excluding ortho intramolecular Hbond substituents is 1. The van der Waals surface area contributed by atoms with Crippen molar-refractivity contribution in [2.45, 2.75) is 12.8 Å². The van der Waals surface area contributed by atoms with Gasteiger partial charge in [-0.15, -0.1) is 0 Å². The van der Waals surface area contributed by atoms with Crippen molar-refractivity contribution in [3.05, 3.63) is 29.8 Å². The summed E-state index contributed by atoms with van der Waals surface area (Å²) in [7, 11) is 1.58. The summed E-state index contributed by atoms with van der Waals surface area (Å²) in [5.41, 5.74) is 6.08. The first-order chi connectivity index (χ1) is 9.54. The summed E-state index contributed by atoms with van der Waals surface area (Å²) in [6.07, 6.45) is 0.624. The van der Waals surface area contributed by atoms with Gasteiger partial charge in [0.05, 0.1) is 18.0 Å². The molecule has 0 aliphatic heterocycles. The van der Waals surface area contributed by atoms with Crippen LogP contribution in [0.25, 0.3) is 0 Å². The van der Waals surface area contributed by atoms with Crippen LogP contribution in [0, 0.1) is 0 Å². The van der Waals surface area contributed by atoms with E-state index in [1.165, 1.54) is 0 Å². The van der Waals surface area contributed by atoms with Crippen LogP contribution in [0.5, 0.6) is 5.75 Å². The number of amides is 1. The van der Waals surface area contributed by atoms with Gasteiger partial charge in [0.25, 0.3) is 0 Å². The summed E-state index contributed by atoms with van der Waals surface area (Å²) < 4.78 is 5.00. The molecule has 0 fully saturated rings. The standard InChI is InChI=1S/C14H20N2O3S/c1-19-9-8-16(7-6-13(15)20)14(18)10-11-4-2-3-5-12(11)17/h2-5,17H,6-10H2,1H3,(H2,15,20). The molecule has 0 saturated carbocycles. The van der Waals surface area contributed by atoms with E-state index >= 15 is 0 Å². The number of hydrogen-bond acceptors (Lipinski definition) is 4. The second-order valence-electron chi connectivity index (χ2n) is 4.40. The lowest BCUT2D eigenvalue weighted by atomic mass is 10.1. The molecule has 0 unspecified atom stereocenters. The number of phenols is 1. The van der Waals surface area contributed by atoms with Crippen LogP contribution in [0.2, 0.25) is 0 Å². The van der Waals surface area contributed by atoms with Gasteiger partial charge in [-0.2, -0.15) is 0 Å². The Morgan fingerprint density at radius 2 is 2.10 bits per heavy atom. The van der Waals surface area contributed by atoms with Gasteiger partial charge in [0.2, 0.25) is 5.91 Å². The van der Waals surface area contributed by atoms with Crippen molar-refractivity contribution in [3.63, 3.8) is 0 Å². The van der Waals surface area contributed by atoms with Crippen LogP contribution in [0.3, 0.4) is 0 Å². The third-order valence-corrected chi connectivity index (χ3v) is 3.08. The Kier molecular flexibility index (Phi) is 6.97. The highest BCUT2D eigenvalue weighted by Gasteiger charge is 2.15. The molecule has 1 rings (SSSR count). The van der Waals surface area contributed by atoms with E-state index in [-0.39, 0.29) is 18.1 Å². The highest BCUT2D eigenvalue weighted by molar-refractivity contribution is 7.80. The number of para-hydroxylation sites is 1. The number of benzene rings is 1. The third kappa shape index (κ3) is 5.54. The van der Waals surface area contributed by atoms with Crippen LogP contribution in [-0.4, -0.2) is 47.7 Å². The highest BCUT2D eigenvalue weighted by Crippen LogP contribution is 2.17. The van der Waals surface area contributed by atoms with Crippen molar-refractivity contribution in [1.82, 2.24) is 4.90 Å². The molecule has 20 heavy (non-hydrogen) atoms. The van der Waals surface area contributed by atoms with Gasteiger partial charge in [0, 0.05) is 32.2 Å². The molecule has 0 bridgehead atoms. The number of rotatable bonds is 8. The van der Waals surface area contributed by atoms with Gasteiger partial charge in [-0.3, -0.25) is 4.79 Å². The predicted molar refractivity (Wildman–Crippen MR) is 81.7 cm³/mol. The van der Waals surface area contributed by atoms with Gasteiger partial charge in [-0.1, -0.05) is 30.4 Å². The maximum atomic E-state index is 12.3. The first kappa shape index (κ1) is 16.4. The zero-order chi connectivity index (χ0) is 15.0. The number of nitrogens with two attached hydrogens (primary N) is 1. The smallest absolute Gasteiger partial charge is 0.227 e. The fourth-order valence-electron chi connectivity index (χ4n) is 1.74. The number of ether oxygens (including phenoxy) is 1. The molecule has 110 valence electrons. The second kappa shape index (κ2) is 8.50. The van der Waals surface area contributed by atoms with Crippen LogP contribution in [0.1, 0.15) is 12.0 Å². The zero-order valence-electron chi connectivity index (χ0n) is 11.5. The molecule has 6 heteroatoms.